The number of ketones is 1. The Labute approximate surface area is 142 Å². The van der Waals surface area contributed by atoms with E-state index >= 15 is 0 Å². The molecule has 1 nitrogen and oxygen atoms in total. The molecule has 0 amide bonds. The van der Waals surface area contributed by atoms with Crippen molar-refractivity contribution in [1.29, 1.82) is 0 Å². The predicted octanol–water partition coefficient (Wildman–Crippen LogP) is 5.51. The van der Waals surface area contributed by atoms with Gasteiger partial charge in [0.15, 0.2) is 5.78 Å². The van der Waals surface area contributed by atoms with Crippen molar-refractivity contribution in [2.24, 2.45) is 0 Å². The van der Waals surface area contributed by atoms with Crippen molar-refractivity contribution in [1.82, 2.24) is 0 Å². The summed E-state index contributed by atoms with van der Waals surface area (Å²) >= 11 is 0. The zero-order valence-corrected chi connectivity index (χ0v) is 13.3. The Balaban J connectivity index is 1.94. The zero-order valence-electron chi connectivity index (χ0n) is 13.3. The van der Waals surface area contributed by atoms with Gasteiger partial charge in [-0.05, 0) is 28.8 Å². The molecule has 0 bridgehead atoms. The lowest BCUT2D eigenvalue weighted by molar-refractivity contribution is -0.109. The molecule has 3 aromatic rings. The van der Waals surface area contributed by atoms with Gasteiger partial charge in [-0.25, -0.2) is 0 Å². The van der Waals surface area contributed by atoms with E-state index in [-0.39, 0.29) is 5.78 Å². The van der Waals surface area contributed by atoms with Gasteiger partial charge in [0.1, 0.15) is 0 Å². The van der Waals surface area contributed by atoms with Gasteiger partial charge in [-0.3, -0.25) is 4.79 Å². The lowest BCUT2D eigenvalue weighted by atomic mass is 9.98. The highest BCUT2D eigenvalue weighted by molar-refractivity contribution is 6.30. The normalized spacial score (nSPS) is 11.6. The number of allylic oxidation sites excluding steroid dienone is 2. The summed E-state index contributed by atoms with van der Waals surface area (Å²) in [4.78, 5) is 12.8. The number of carbonyl (C=O) groups excluding carboxylic acids is 1. The molecule has 0 unspecified atom stereocenters. The highest BCUT2D eigenvalue weighted by Crippen LogP contribution is 2.20. The maximum absolute atomic E-state index is 12.8. The van der Waals surface area contributed by atoms with Gasteiger partial charge in [-0.1, -0.05) is 97.1 Å². The summed E-state index contributed by atoms with van der Waals surface area (Å²) in [7, 11) is 0. The largest absolute Gasteiger partial charge is 0.289 e. The van der Waals surface area contributed by atoms with Crippen LogP contribution in [0.15, 0.2) is 97.1 Å². The minimum Gasteiger partial charge on any atom is -0.289 e. The first-order valence-electron chi connectivity index (χ1n) is 7.92. The summed E-state index contributed by atoms with van der Waals surface area (Å²) in [6.45, 7) is 0. The van der Waals surface area contributed by atoms with E-state index in [4.69, 9.17) is 0 Å². The van der Waals surface area contributed by atoms with Gasteiger partial charge in [-0.15, -0.1) is 0 Å². The molecule has 0 spiro atoms. The third-order valence-corrected chi connectivity index (χ3v) is 3.69. The van der Waals surface area contributed by atoms with Crippen LogP contribution >= 0.6 is 0 Å². The molecule has 0 aliphatic rings. The molecule has 0 atom stereocenters. The van der Waals surface area contributed by atoms with Crippen LogP contribution in [0.4, 0.5) is 0 Å². The van der Waals surface area contributed by atoms with Crippen molar-refractivity contribution < 1.29 is 4.79 Å². The quantitative estimate of drug-likeness (QED) is 0.448. The molecule has 0 fully saturated rings. The maximum atomic E-state index is 12.8. The molecule has 3 aromatic carbocycles. The first-order valence-corrected chi connectivity index (χ1v) is 7.92. The van der Waals surface area contributed by atoms with E-state index in [0.29, 0.717) is 5.57 Å². The summed E-state index contributed by atoms with van der Waals surface area (Å²) in [5, 5.41) is 0. The van der Waals surface area contributed by atoms with Crippen molar-refractivity contribution in [3.63, 3.8) is 0 Å². The second kappa shape index (κ2) is 7.89. The van der Waals surface area contributed by atoms with E-state index in [1.54, 1.807) is 6.08 Å². The first-order chi connectivity index (χ1) is 11.8. The van der Waals surface area contributed by atoms with Gasteiger partial charge >= 0.3 is 0 Å². The van der Waals surface area contributed by atoms with Crippen molar-refractivity contribution in [2.75, 3.05) is 0 Å². The Morgan fingerprint density at radius 3 is 1.71 bits per heavy atom. The molecule has 0 aliphatic carbocycles. The van der Waals surface area contributed by atoms with Gasteiger partial charge < -0.3 is 0 Å². The average molecular weight is 310 g/mol. The molecule has 0 aliphatic heterocycles. The van der Waals surface area contributed by atoms with Gasteiger partial charge in [0.05, 0.1) is 0 Å². The molecular weight excluding hydrogens is 292 g/mol. The van der Waals surface area contributed by atoms with E-state index < -0.39 is 0 Å². The molecule has 24 heavy (non-hydrogen) atoms. The van der Waals surface area contributed by atoms with Crippen LogP contribution in [0.2, 0.25) is 0 Å². The molecular formula is C23H18O. The van der Waals surface area contributed by atoms with Crippen LogP contribution in [0, 0.1) is 0 Å². The molecule has 0 N–H and O–H groups in total. The fourth-order valence-corrected chi connectivity index (χ4v) is 2.46. The van der Waals surface area contributed by atoms with Crippen LogP contribution in [0.1, 0.15) is 16.7 Å². The number of hydrogen-bond acceptors (Lipinski definition) is 1. The molecule has 1 heteroatoms. The highest BCUT2D eigenvalue weighted by Gasteiger charge is 2.09. The zero-order chi connectivity index (χ0) is 16.6. The Bertz CT molecular complexity index is 844. The number of hydrogen-bond donors (Lipinski definition) is 0. The number of carbonyl (C=O) groups is 1. The van der Waals surface area contributed by atoms with Gasteiger partial charge in [-0.2, -0.15) is 0 Å². The number of benzene rings is 3. The van der Waals surface area contributed by atoms with Crippen LogP contribution in [0.25, 0.3) is 17.7 Å². The van der Waals surface area contributed by atoms with Gasteiger partial charge in [0, 0.05) is 5.57 Å². The van der Waals surface area contributed by atoms with Crippen molar-refractivity contribution in [3.8, 4) is 0 Å². The maximum Gasteiger partial charge on any atom is 0.186 e. The monoisotopic (exact) mass is 310 g/mol. The summed E-state index contributed by atoms with van der Waals surface area (Å²) < 4.78 is 0. The lowest BCUT2D eigenvalue weighted by Gasteiger charge is -2.05. The fraction of sp³-hybridized carbons (Fsp3) is 0. The number of rotatable bonds is 5. The van der Waals surface area contributed by atoms with Gasteiger partial charge in [0.25, 0.3) is 0 Å². The molecule has 0 aromatic heterocycles. The third kappa shape index (κ3) is 4.17. The Morgan fingerprint density at radius 1 is 0.625 bits per heavy atom. The Hall–Kier alpha value is -3.19. The minimum atomic E-state index is -0.00564. The van der Waals surface area contributed by atoms with Crippen LogP contribution in [-0.2, 0) is 4.79 Å². The van der Waals surface area contributed by atoms with Crippen LogP contribution < -0.4 is 0 Å². The van der Waals surface area contributed by atoms with Crippen molar-refractivity contribution >= 4 is 23.5 Å². The molecule has 3 rings (SSSR count). The van der Waals surface area contributed by atoms with Crippen LogP contribution in [0.5, 0.6) is 0 Å². The summed E-state index contributed by atoms with van der Waals surface area (Å²) in [5.41, 5.74) is 3.63. The smallest absolute Gasteiger partial charge is 0.186 e. The van der Waals surface area contributed by atoms with E-state index in [0.717, 1.165) is 16.7 Å². The lowest BCUT2D eigenvalue weighted by Crippen LogP contribution is -1.98. The van der Waals surface area contributed by atoms with Crippen LogP contribution in [0.3, 0.4) is 0 Å². The molecule has 0 saturated heterocycles. The fourth-order valence-electron chi connectivity index (χ4n) is 2.46. The molecule has 0 saturated carbocycles. The van der Waals surface area contributed by atoms with Crippen molar-refractivity contribution in [2.45, 2.75) is 0 Å². The average Bonchev–Trinajstić information content (AvgIpc) is 2.66. The first kappa shape index (κ1) is 15.7. The molecule has 0 heterocycles. The van der Waals surface area contributed by atoms with E-state index in [9.17, 15) is 4.79 Å². The second-order valence-corrected chi connectivity index (χ2v) is 5.44. The molecule has 116 valence electrons. The predicted molar refractivity (Wildman–Crippen MR) is 101 cm³/mol. The SMILES string of the molecule is O=C(/C=C/c1ccccc1)/C(=C/c1ccccc1)c1ccccc1. The standard InChI is InChI=1S/C23H18O/c24-23(17-16-19-10-4-1-5-11-19)22(21-14-8-3-9-15-21)18-20-12-6-2-7-13-20/h1-18H/b17-16+,22-18+. The summed E-state index contributed by atoms with van der Waals surface area (Å²) in [6.07, 6.45) is 5.42. The minimum absolute atomic E-state index is 0.00564. The second-order valence-electron chi connectivity index (χ2n) is 5.44. The van der Waals surface area contributed by atoms with E-state index in [1.807, 2.05) is 103 Å². The Kier molecular flexibility index (Phi) is 5.16. The van der Waals surface area contributed by atoms with Crippen LogP contribution in [-0.4, -0.2) is 5.78 Å². The van der Waals surface area contributed by atoms with E-state index in [2.05, 4.69) is 0 Å². The van der Waals surface area contributed by atoms with E-state index in [1.165, 1.54) is 0 Å². The summed E-state index contributed by atoms with van der Waals surface area (Å²) in [6, 6.07) is 29.5. The Morgan fingerprint density at radius 2 is 1.12 bits per heavy atom. The highest BCUT2D eigenvalue weighted by atomic mass is 16.1. The van der Waals surface area contributed by atoms with Crippen molar-refractivity contribution in [3.05, 3.63) is 114 Å². The van der Waals surface area contributed by atoms with Gasteiger partial charge in [0.2, 0.25) is 0 Å². The topological polar surface area (TPSA) is 17.1 Å². The molecule has 0 radical (unpaired) electrons. The summed E-state index contributed by atoms with van der Waals surface area (Å²) in [5.74, 6) is -0.00564. The third-order valence-electron chi connectivity index (χ3n) is 3.69.